The maximum Gasteiger partial charge on any atom is 0.181 e. The maximum absolute atomic E-state index is 10.8. The molecule has 0 aliphatic rings. The minimum atomic E-state index is 0.220. The van der Waals surface area contributed by atoms with Crippen LogP contribution in [0.2, 0.25) is 0 Å². The van der Waals surface area contributed by atoms with Gasteiger partial charge in [0.15, 0.2) is 5.13 Å². The van der Waals surface area contributed by atoms with E-state index in [0.29, 0.717) is 10.9 Å². The van der Waals surface area contributed by atoms with Crippen LogP contribution in [0.1, 0.15) is 50.7 Å². The number of aromatic nitrogens is 1. The molecule has 0 spiro atoms. The molecule has 1 aromatic carbocycles. The van der Waals surface area contributed by atoms with Gasteiger partial charge in [-0.3, -0.25) is 0 Å². The van der Waals surface area contributed by atoms with Crippen LogP contribution >= 0.6 is 11.3 Å². The van der Waals surface area contributed by atoms with Crippen LogP contribution in [0.15, 0.2) is 0 Å². The van der Waals surface area contributed by atoms with Crippen LogP contribution in [0.3, 0.4) is 0 Å². The Morgan fingerprint density at radius 3 is 2.10 bits per heavy atom. The standard InChI is InChI=1S/C15H23N3OS/c1-7(2)9-12(18(5)6)11-14(20-15(16)17-11)10(8(3)4)13(9)19/h7-8,19H,1-6H3,(H2,16,17). The summed E-state index contributed by atoms with van der Waals surface area (Å²) in [6, 6.07) is 0. The van der Waals surface area contributed by atoms with E-state index < -0.39 is 0 Å². The zero-order valence-corrected chi connectivity index (χ0v) is 13.8. The Labute approximate surface area is 124 Å². The van der Waals surface area contributed by atoms with Gasteiger partial charge in [-0.05, 0) is 11.8 Å². The highest BCUT2D eigenvalue weighted by molar-refractivity contribution is 7.22. The summed E-state index contributed by atoms with van der Waals surface area (Å²) in [5, 5.41) is 11.3. The average molecular weight is 293 g/mol. The molecule has 0 atom stereocenters. The number of aromatic hydroxyl groups is 1. The predicted molar refractivity (Wildman–Crippen MR) is 88.2 cm³/mol. The molecule has 1 heterocycles. The highest BCUT2D eigenvalue weighted by atomic mass is 32.1. The number of fused-ring (bicyclic) bond motifs is 1. The highest BCUT2D eigenvalue weighted by Crippen LogP contribution is 2.48. The summed E-state index contributed by atoms with van der Waals surface area (Å²) in [7, 11) is 3.95. The van der Waals surface area contributed by atoms with Crippen molar-refractivity contribution < 1.29 is 5.11 Å². The minimum Gasteiger partial charge on any atom is -0.507 e. The first-order valence-electron chi connectivity index (χ1n) is 6.87. The van der Waals surface area contributed by atoms with Crippen LogP contribution in [0.25, 0.3) is 10.2 Å². The van der Waals surface area contributed by atoms with Crippen molar-refractivity contribution in [2.24, 2.45) is 0 Å². The molecule has 0 saturated heterocycles. The minimum absolute atomic E-state index is 0.220. The molecule has 0 amide bonds. The average Bonchev–Trinajstić information content (AvgIpc) is 2.66. The van der Waals surface area contributed by atoms with Crippen molar-refractivity contribution in [1.82, 2.24) is 4.98 Å². The van der Waals surface area contributed by atoms with Gasteiger partial charge in [0.25, 0.3) is 0 Å². The number of hydrogen-bond acceptors (Lipinski definition) is 5. The number of thiazole rings is 1. The SMILES string of the molecule is CC(C)c1c(O)c(C(C)C)c2sc(N)nc2c1N(C)C. The number of rotatable bonds is 3. The normalized spacial score (nSPS) is 11.8. The Morgan fingerprint density at radius 1 is 1.10 bits per heavy atom. The summed E-state index contributed by atoms with van der Waals surface area (Å²) in [6.45, 7) is 8.36. The molecule has 4 nitrogen and oxygen atoms in total. The fourth-order valence-corrected chi connectivity index (χ4v) is 3.73. The van der Waals surface area contributed by atoms with Gasteiger partial charge in [-0.1, -0.05) is 39.0 Å². The Balaban J connectivity index is 3.01. The lowest BCUT2D eigenvalue weighted by Crippen LogP contribution is -2.14. The second-order valence-corrected chi connectivity index (χ2v) is 6.99. The van der Waals surface area contributed by atoms with Crippen LogP contribution in [0, 0.1) is 0 Å². The fraction of sp³-hybridized carbons (Fsp3) is 0.533. The largest absolute Gasteiger partial charge is 0.507 e. The maximum atomic E-state index is 10.8. The Kier molecular flexibility index (Phi) is 3.82. The second-order valence-electron chi connectivity index (χ2n) is 5.96. The van der Waals surface area contributed by atoms with Gasteiger partial charge in [0, 0.05) is 25.2 Å². The predicted octanol–water partition coefficient (Wildman–Crippen LogP) is 3.90. The van der Waals surface area contributed by atoms with E-state index in [-0.39, 0.29) is 11.8 Å². The summed E-state index contributed by atoms with van der Waals surface area (Å²) < 4.78 is 1.00. The third-order valence-electron chi connectivity index (χ3n) is 3.48. The molecule has 0 radical (unpaired) electrons. The Hall–Kier alpha value is -1.49. The van der Waals surface area contributed by atoms with Crippen molar-refractivity contribution in [1.29, 1.82) is 0 Å². The van der Waals surface area contributed by atoms with Gasteiger partial charge in [0.05, 0.1) is 10.4 Å². The Bertz CT molecular complexity index is 644. The van der Waals surface area contributed by atoms with E-state index in [9.17, 15) is 5.11 Å². The summed E-state index contributed by atoms with van der Waals surface area (Å²) >= 11 is 1.45. The summed E-state index contributed by atoms with van der Waals surface area (Å²) in [5.74, 6) is 0.845. The lowest BCUT2D eigenvalue weighted by molar-refractivity contribution is 0.456. The first-order chi connectivity index (χ1) is 9.25. The van der Waals surface area contributed by atoms with E-state index in [0.717, 1.165) is 27.0 Å². The monoisotopic (exact) mass is 293 g/mol. The van der Waals surface area contributed by atoms with Gasteiger partial charge < -0.3 is 15.7 Å². The molecule has 0 unspecified atom stereocenters. The summed E-state index contributed by atoms with van der Waals surface area (Å²) in [4.78, 5) is 6.52. The van der Waals surface area contributed by atoms with Crippen molar-refractivity contribution in [3.8, 4) is 5.75 Å². The number of nitrogens with two attached hydrogens (primary N) is 1. The number of benzene rings is 1. The van der Waals surface area contributed by atoms with Crippen molar-refractivity contribution >= 4 is 32.4 Å². The molecule has 0 aliphatic heterocycles. The molecule has 3 N–H and O–H groups in total. The fourth-order valence-electron chi connectivity index (χ4n) is 2.71. The number of nitrogens with zero attached hydrogens (tertiary/aromatic N) is 2. The van der Waals surface area contributed by atoms with E-state index in [1.54, 1.807) is 0 Å². The summed E-state index contributed by atoms with van der Waals surface area (Å²) in [5.41, 5.74) is 9.71. The molecule has 110 valence electrons. The quantitative estimate of drug-likeness (QED) is 0.901. The number of phenols is 1. The van der Waals surface area contributed by atoms with Crippen molar-refractivity contribution in [2.45, 2.75) is 39.5 Å². The summed E-state index contributed by atoms with van der Waals surface area (Å²) in [6.07, 6.45) is 0. The van der Waals surface area contributed by atoms with E-state index in [1.165, 1.54) is 11.3 Å². The molecule has 0 fully saturated rings. The lowest BCUT2D eigenvalue weighted by Gasteiger charge is -2.24. The first-order valence-corrected chi connectivity index (χ1v) is 7.69. The van der Waals surface area contributed by atoms with Crippen LogP contribution < -0.4 is 10.6 Å². The zero-order valence-electron chi connectivity index (χ0n) is 13.0. The van der Waals surface area contributed by atoms with E-state index in [2.05, 4.69) is 32.7 Å². The topological polar surface area (TPSA) is 62.4 Å². The molecule has 5 heteroatoms. The van der Waals surface area contributed by atoms with Gasteiger partial charge >= 0.3 is 0 Å². The van der Waals surface area contributed by atoms with Gasteiger partial charge in [0.2, 0.25) is 0 Å². The third-order valence-corrected chi connectivity index (χ3v) is 4.40. The molecule has 0 bridgehead atoms. The molecule has 2 aromatic rings. The number of nitrogen functional groups attached to an aromatic ring is 1. The third kappa shape index (κ3) is 2.20. The zero-order chi connectivity index (χ0) is 15.2. The van der Waals surface area contributed by atoms with Crippen molar-refractivity contribution in [3.05, 3.63) is 11.1 Å². The van der Waals surface area contributed by atoms with Crippen LogP contribution in [0.4, 0.5) is 10.8 Å². The molecule has 0 saturated carbocycles. The number of phenolic OH excluding ortho intramolecular Hbond substituents is 1. The van der Waals surface area contributed by atoms with E-state index in [1.807, 2.05) is 19.0 Å². The first kappa shape index (κ1) is 14.9. The van der Waals surface area contributed by atoms with E-state index >= 15 is 0 Å². The van der Waals surface area contributed by atoms with Crippen molar-refractivity contribution in [3.63, 3.8) is 0 Å². The molecular formula is C15H23N3OS. The lowest BCUT2D eigenvalue weighted by atomic mass is 9.91. The molecule has 2 rings (SSSR count). The van der Waals surface area contributed by atoms with E-state index in [4.69, 9.17) is 5.73 Å². The van der Waals surface area contributed by atoms with Crippen LogP contribution in [-0.2, 0) is 0 Å². The van der Waals surface area contributed by atoms with Gasteiger partial charge in [-0.15, -0.1) is 0 Å². The smallest absolute Gasteiger partial charge is 0.181 e. The van der Waals surface area contributed by atoms with Gasteiger partial charge in [-0.2, -0.15) is 0 Å². The molecule has 1 aromatic heterocycles. The molecule has 0 aliphatic carbocycles. The highest BCUT2D eigenvalue weighted by Gasteiger charge is 2.26. The van der Waals surface area contributed by atoms with Crippen LogP contribution in [-0.4, -0.2) is 24.2 Å². The number of hydrogen-bond donors (Lipinski definition) is 2. The van der Waals surface area contributed by atoms with Gasteiger partial charge in [0.1, 0.15) is 11.3 Å². The molecular weight excluding hydrogens is 270 g/mol. The Morgan fingerprint density at radius 2 is 1.65 bits per heavy atom. The van der Waals surface area contributed by atoms with Crippen LogP contribution in [0.5, 0.6) is 5.75 Å². The second kappa shape index (κ2) is 5.13. The number of anilines is 2. The van der Waals surface area contributed by atoms with Crippen molar-refractivity contribution in [2.75, 3.05) is 24.7 Å². The molecule has 20 heavy (non-hydrogen) atoms. The van der Waals surface area contributed by atoms with Gasteiger partial charge in [-0.25, -0.2) is 4.98 Å².